The fourth-order valence-electron chi connectivity index (χ4n) is 5.53. The summed E-state index contributed by atoms with van der Waals surface area (Å²) in [6.45, 7) is 5.10. The number of nitrogens with two attached hydrogens (primary N) is 1. The van der Waals surface area contributed by atoms with Crippen LogP contribution in [-0.4, -0.2) is 48.0 Å². The van der Waals surface area contributed by atoms with Crippen LogP contribution in [0.3, 0.4) is 0 Å². The summed E-state index contributed by atoms with van der Waals surface area (Å²) in [7, 11) is 0. The van der Waals surface area contributed by atoms with Gasteiger partial charge >= 0.3 is 0 Å². The second-order valence-corrected chi connectivity index (χ2v) is 8.98. The van der Waals surface area contributed by atoms with E-state index in [1.165, 1.54) is 24.8 Å². The molecule has 2 saturated carbocycles. The van der Waals surface area contributed by atoms with Crippen molar-refractivity contribution in [3.05, 3.63) is 23.8 Å². The van der Waals surface area contributed by atoms with Crippen molar-refractivity contribution in [3.8, 4) is 0 Å². The molecule has 2 N–H and O–H groups in total. The van der Waals surface area contributed by atoms with Crippen molar-refractivity contribution in [1.29, 1.82) is 0 Å². The van der Waals surface area contributed by atoms with Crippen molar-refractivity contribution in [1.82, 2.24) is 9.88 Å². The quantitative estimate of drug-likeness (QED) is 0.864. The van der Waals surface area contributed by atoms with Crippen molar-refractivity contribution in [2.45, 2.75) is 45.1 Å². The molecule has 1 aromatic heterocycles. The molecule has 2 aliphatic carbocycles. The lowest BCUT2D eigenvalue weighted by molar-refractivity contribution is -0.139. The van der Waals surface area contributed by atoms with Gasteiger partial charge in [0.05, 0.1) is 0 Å². The number of oxazole rings is 1. The molecule has 0 radical (unpaired) electrons. The lowest BCUT2D eigenvalue weighted by atomic mass is 9.65. The summed E-state index contributed by atoms with van der Waals surface area (Å²) in [5, 5.41) is 0. The summed E-state index contributed by atoms with van der Waals surface area (Å²) in [5.41, 5.74) is 9.31. The Morgan fingerprint density at radius 2 is 1.86 bits per heavy atom. The molecule has 2 atom stereocenters. The highest BCUT2D eigenvalue weighted by Gasteiger charge is 2.42. The van der Waals surface area contributed by atoms with Crippen molar-refractivity contribution in [3.63, 3.8) is 0 Å². The molecule has 0 spiro atoms. The van der Waals surface area contributed by atoms with Gasteiger partial charge in [-0.2, -0.15) is 4.98 Å². The van der Waals surface area contributed by atoms with Crippen LogP contribution in [-0.2, 0) is 4.79 Å². The SMILES string of the molecule is Cc1ccc2oc(N3CCN(C(=O)C4CC5CCCC(C4)C5N)CC3)nc2c1. The Labute approximate surface area is 166 Å². The number of amides is 1. The number of carbonyl (C=O) groups is 1. The first kappa shape index (κ1) is 18.0. The molecule has 1 aromatic carbocycles. The minimum absolute atomic E-state index is 0.175. The molecule has 3 fully saturated rings. The zero-order chi connectivity index (χ0) is 19.3. The number of anilines is 1. The monoisotopic (exact) mass is 382 g/mol. The number of aromatic nitrogens is 1. The number of hydrogen-bond acceptors (Lipinski definition) is 5. The van der Waals surface area contributed by atoms with Crippen LogP contribution < -0.4 is 10.6 Å². The van der Waals surface area contributed by atoms with Gasteiger partial charge in [-0.3, -0.25) is 4.79 Å². The van der Waals surface area contributed by atoms with Crippen molar-refractivity contribution < 1.29 is 9.21 Å². The maximum absolute atomic E-state index is 13.1. The molecule has 28 heavy (non-hydrogen) atoms. The van der Waals surface area contributed by atoms with Crippen molar-refractivity contribution in [2.75, 3.05) is 31.1 Å². The molecule has 2 bridgehead atoms. The van der Waals surface area contributed by atoms with Gasteiger partial charge in [-0.15, -0.1) is 0 Å². The van der Waals surface area contributed by atoms with Crippen LogP contribution in [0.1, 0.15) is 37.7 Å². The van der Waals surface area contributed by atoms with Crippen LogP contribution in [0.25, 0.3) is 11.1 Å². The number of hydrogen-bond donors (Lipinski definition) is 1. The molecule has 1 aliphatic heterocycles. The number of piperazine rings is 1. The smallest absolute Gasteiger partial charge is 0.298 e. The summed E-state index contributed by atoms with van der Waals surface area (Å²) >= 11 is 0. The third-order valence-corrected chi connectivity index (χ3v) is 7.16. The van der Waals surface area contributed by atoms with Crippen LogP contribution in [0.15, 0.2) is 22.6 Å². The third-order valence-electron chi connectivity index (χ3n) is 7.16. The van der Waals surface area contributed by atoms with E-state index in [-0.39, 0.29) is 5.92 Å². The molecule has 5 rings (SSSR count). The molecular weight excluding hydrogens is 352 g/mol. The third kappa shape index (κ3) is 3.17. The Morgan fingerprint density at radius 1 is 1.14 bits per heavy atom. The average Bonchev–Trinajstić information content (AvgIpc) is 3.10. The highest BCUT2D eigenvalue weighted by atomic mass is 16.4. The maximum Gasteiger partial charge on any atom is 0.298 e. The first-order valence-corrected chi connectivity index (χ1v) is 10.7. The van der Waals surface area contributed by atoms with E-state index in [4.69, 9.17) is 10.2 Å². The largest absolute Gasteiger partial charge is 0.423 e. The highest BCUT2D eigenvalue weighted by molar-refractivity contribution is 5.79. The van der Waals surface area contributed by atoms with Gasteiger partial charge < -0.3 is 20.0 Å². The average molecular weight is 383 g/mol. The molecule has 6 heteroatoms. The van der Waals surface area contributed by atoms with Crippen LogP contribution in [0.4, 0.5) is 6.01 Å². The lowest BCUT2D eigenvalue weighted by Crippen LogP contribution is -2.53. The summed E-state index contributed by atoms with van der Waals surface area (Å²) in [6.07, 6.45) is 5.66. The van der Waals surface area contributed by atoms with Crippen molar-refractivity contribution >= 4 is 23.0 Å². The van der Waals surface area contributed by atoms with Gasteiger partial charge in [-0.25, -0.2) is 0 Å². The zero-order valence-corrected chi connectivity index (χ0v) is 16.6. The predicted octanol–water partition coefficient (Wildman–Crippen LogP) is 2.94. The number of rotatable bonds is 2. The van der Waals surface area contributed by atoms with E-state index in [1.54, 1.807) is 0 Å². The fraction of sp³-hybridized carbons (Fsp3) is 0.636. The molecule has 2 heterocycles. The van der Waals surface area contributed by atoms with Gasteiger partial charge in [0.2, 0.25) is 5.91 Å². The first-order valence-electron chi connectivity index (χ1n) is 10.7. The molecule has 150 valence electrons. The van der Waals surface area contributed by atoms with E-state index in [0.29, 0.717) is 29.8 Å². The Morgan fingerprint density at radius 3 is 2.57 bits per heavy atom. The van der Waals surface area contributed by atoms with Gasteiger partial charge in [0.15, 0.2) is 5.58 Å². The molecule has 1 amide bonds. The first-order chi connectivity index (χ1) is 13.6. The minimum atomic E-state index is 0.175. The molecular formula is C22H30N4O2. The fourth-order valence-corrected chi connectivity index (χ4v) is 5.53. The number of nitrogens with zero attached hydrogens (tertiary/aromatic N) is 3. The Balaban J connectivity index is 1.22. The Hall–Kier alpha value is -2.08. The Kier molecular flexibility index (Phi) is 4.54. The van der Waals surface area contributed by atoms with Crippen LogP contribution >= 0.6 is 0 Å². The van der Waals surface area contributed by atoms with Crippen LogP contribution in [0, 0.1) is 24.7 Å². The topological polar surface area (TPSA) is 75.6 Å². The van der Waals surface area contributed by atoms with Gasteiger partial charge in [-0.05, 0) is 62.1 Å². The summed E-state index contributed by atoms with van der Waals surface area (Å²) in [6, 6.07) is 7.06. The highest BCUT2D eigenvalue weighted by Crippen LogP contribution is 2.42. The van der Waals surface area contributed by atoms with E-state index >= 15 is 0 Å². The van der Waals surface area contributed by atoms with E-state index in [9.17, 15) is 4.79 Å². The molecule has 2 unspecified atom stereocenters. The molecule has 2 aromatic rings. The Bertz CT molecular complexity index is 857. The van der Waals surface area contributed by atoms with Crippen molar-refractivity contribution in [2.24, 2.45) is 23.5 Å². The van der Waals surface area contributed by atoms with Crippen LogP contribution in [0.2, 0.25) is 0 Å². The maximum atomic E-state index is 13.1. The van der Waals surface area contributed by atoms with Gasteiger partial charge in [0.25, 0.3) is 6.01 Å². The standard InChI is InChI=1S/C22H30N4O2/c1-14-5-6-19-18(11-14)24-22(28-19)26-9-7-25(8-10-26)21(27)17-12-15-3-2-4-16(13-17)20(15)23/h5-6,11,15-17,20H,2-4,7-10,12-13,23H2,1H3. The number of aryl methyl sites for hydroxylation is 1. The summed E-state index contributed by atoms with van der Waals surface area (Å²) in [5.74, 6) is 1.61. The summed E-state index contributed by atoms with van der Waals surface area (Å²) < 4.78 is 5.93. The van der Waals surface area contributed by atoms with Gasteiger partial charge in [-0.1, -0.05) is 12.5 Å². The van der Waals surface area contributed by atoms with E-state index < -0.39 is 0 Å². The predicted molar refractivity (Wildman–Crippen MR) is 109 cm³/mol. The second kappa shape index (κ2) is 7.07. The summed E-state index contributed by atoms with van der Waals surface area (Å²) in [4.78, 5) is 22.0. The molecule has 6 nitrogen and oxygen atoms in total. The lowest BCUT2D eigenvalue weighted by Gasteiger charge is -2.45. The zero-order valence-electron chi connectivity index (χ0n) is 16.6. The normalized spacial score (nSPS) is 30.6. The van der Waals surface area contributed by atoms with E-state index in [2.05, 4.69) is 21.7 Å². The number of carbonyl (C=O) groups excluding carboxylic acids is 1. The molecule has 3 aliphatic rings. The second-order valence-electron chi connectivity index (χ2n) is 8.98. The van der Waals surface area contributed by atoms with Gasteiger partial charge in [0.1, 0.15) is 5.52 Å². The number of fused-ring (bicyclic) bond motifs is 3. The minimum Gasteiger partial charge on any atom is -0.423 e. The molecule has 1 saturated heterocycles. The van der Waals surface area contributed by atoms with Crippen LogP contribution in [0.5, 0.6) is 0 Å². The van der Waals surface area contributed by atoms with Gasteiger partial charge in [0, 0.05) is 38.1 Å². The van der Waals surface area contributed by atoms with E-state index in [0.717, 1.165) is 50.1 Å². The number of benzene rings is 1. The van der Waals surface area contributed by atoms with E-state index in [1.807, 2.05) is 18.2 Å².